The molecule has 0 radical (unpaired) electrons. The molecule has 2 rings (SSSR count). The van der Waals surface area contributed by atoms with Crippen LogP contribution in [0.1, 0.15) is 15.9 Å². The lowest BCUT2D eigenvalue weighted by molar-refractivity contribution is -0.147. The van der Waals surface area contributed by atoms with Gasteiger partial charge in [-0.15, -0.1) is 0 Å². The van der Waals surface area contributed by atoms with Crippen molar-refractivity contribution in [1.29, 1.82) is 0 Å². The molecule has 2 aromatic carbocycles. The second kappa shape index (κ2) is 9.75. The van der Waals surface area contributed by atoms with E-state index in [4.69, 9.17) is 11.6 Å². The molecule has 6 nitrogen and oxygen atoms in total. The molecule has 1 N–H and O–H groups in total. The van der Waals surface area contributed by atoms with E-state index < -0.39 is 43.2 Å². The predicted octanol–water partition coefficient (Wildman–Crippen LogP) is 3.12. The van der Waals surface area contributed by atoms with Crippen molar-refractivity contribution in [1.82, 2.24) is 5.32 Å². The molecule has 0 aliphatic carbocycles. The SMILES string of the molecule is O=C(COC(=O)Cc1c(F)cccc1Cl)NC(=O)c1ccc(OC(F)F)cc1. The molecule has 148 valence electrons. The third kappa shape index (κ3) is 6.27. The Balaban J connectivity index is 1.83. The Morgan fingerprint density at radius 1 is 1.07 bits per heavy atom. The zero-order valence-corrected chi connectivity index (χ0v) is 14.8. The van der Waals surface area contributed by atoms with Crippen LogP contribution in [0.3, 0.4) is 0 Å². The average molecular weight is 416 g/mol. The van der Waals surface area contributed by atoms with Crippen LogP contribution in [0.25, 0.3) is 0 Å². The molecule has 0 saturated carbocycles. The van der Waals surface area contributed by atoms with Crippen LogP contribution in [0.5, 0.6) is 5.75 Å². The van der Waals surface area contributed by atoms with E-state index in [1.165, 1.54) is 24.3 Å². The number of benzene rings is 2. The van der Waals surface area contributed by atoms with Gasteiger partial charge in [0.25, 0.3) is 11.8 Å². The molecular formula is C18H13ClF3NO5. The topological polar surface area (TPSA) is 81.7 Å². The summed E-state index contributed by atoms with van der Waals surface area (Å²) >= 11 is 5.79. The minimum absolute atomic E-state index is 0.000527. The Morgan fingerprint density at radius 3 is 2.36 bits per heavy atom. The Hall–Kier alpha value is -3.07. The number of hydrogen-bond acceptors (Lipinski definition) is 5. The van der Waals surface area contributed by atoms with E-state index in [0.717, 1.165) is 18.2 Å². The van der Waals surface area contributed by atoms with Crippen LogP contribution in [-0.2, 0) is 20.7 Å². The molecule has 0 fully saturated rings. The number of rotatable bonds is 7. The van der Waals surface area contributed by atoms with Gasteiger partial charge in [0.2, 0.25) is 0 Å². The molecule has 0 heterocycles. The van der Waals surface area contributed by atoms with Gasteiger partial charge in [-0.2, -0.15) is 8.78 Å². The molecule has 0 spiro atoms. The number of amides is 2. The van der Waals surface area contributed by atoms with Gasteiger partial charge >= 0.3 is 12.6 Å². The zero-order chi connectivity index (χ0) is 20.7. The van der Waals surface area contributed by atoms with Crippen molar-refractivity contribution >= 4 is 29.4 Å². The number of carbonyl (C=O) groups is 3. The first kappa shape index (κ1) is 21.2. The Labute approximate surface area is 162 Å². The number of esters is 1. The quantitative estimate of drug-likeness (QED) is 0.703. The summed E-state index contributed by atoms with van der Waals surface area (Å²) in [6, 6.07) is 8.50. The summed E-state index contributed by atoms with van der Waals surface area (Å²) in [4.78, 5) is 35.3. The fourth-order valence-corrected chi connectivity index (χ4v) is 2.30. The lowest BCUT2D eigenvalue weighted by Crippen LogP contribution is -2.34. The lowest BCUT2D eigenvalue weighted by Gasteiger charge is -2.08. The van der Waals surface area contributed by atoms with Gasteiger partial charge in [-0.3, -0.25) is 19.7 Å². The lowest BCUT2D eigenvalue weighted by atomic mass is 10.1. The van der Waals surface area contributed by atoms with Crippen LogP contribution in [0.4, 0.5) is 13.2 Å². The highest BCUT2D eigenvalue weighted by Gasteiger charge is 2.16. The van der Waals surface area contributed by atoms with Crippen molar-refractivity contribution < 1.29 is 37.0 Å². The standard InChI is InChI=1S/C18H13ClF3NO5/c19-13-2-1-3-14(20)12(13)8-16(25)27-9-15(24)23-17(26)10-4-6-11(7-5-10)28-18(21)22/h1-7,18H,8-9H2,(H,23,24,26). The van der Waals surface area contributed by atoms with Crippen LogP contribution in [0.2, 0.25) is 5.02 Å². The maximum atomic E-state index is 13.6. The maximum Gasteiger partial charge on any atom is 0.387 e. The number of alkyl halides is 2. The van der Waals surface area contributed by atoms with E-state index >= 15 is 0 Å². The molecule has 0 unspecified atom stereocenters. The molecule has 28 heavy (non-hydrogen) atoms. The summed E-state index contributed by atoms with van der Waals surface area (Å²) in [5.74, 6) is -3.52. The van der Waals surface area contributed by atoms with Gasteiger partial charge in [0.15, 0.2) is 6.61 Å². The van der Waals surface area contributed by atoms with Gasteiger partial charge in [-0.1, -0.05) is 17.7 Å². The number of hydrogen-bond donors (Lipinski definition) is 1. The Kier molecular flexibility index (Phi) is 7.39. The Bertz CT molecular complexity index is 854. The number of imide groups is 1. The summed E-state index contributed by atoms with van der Waals surface area (Å²) in [5, 5.41) is 1.99. The van der Waals surface area contributed by atoms with Crippen molar-refractivity contribution in [2.45, 2.75) is 13.0 Å². The van der Waals surface area contributed by atoms with Gasteiger partial charge in [0, 0.05) is 16.1 Å². The zero-order valence-electron chi connectivity index (χ0n) is 14.1. The molecule has 0 bridgehead atoms. The van der Waals surface area contributed by atoms with E-state index in [0.29, 0.717) is 0 Å². The van der Waals surface area contributed by atoms with Crippen molar-refractivity contribution in [3.8, 4) is 5.75 Å². The largest absolute Gasteiger partial charge is 0.455 e. The number of ether oxygens (including phenoxy) is 2. The average Bonchev–Trinajstić information content (AvgIpc) is 2.63. The van der Waals surface area contributed by atoms with Crippen LogP contribution in [0, 0.1) is 5.82 Å². The second-order valence-electron chi connectivity index (χ2n) is 5.32. The summed E-state index contributed by atoms with van der Waals surface area (Å²) in [6.07, 6.45) is -0.488. The first-order valence-corrected chi connectivity index (χ1v) is 8.11. The van der Waals surface area contributed by atoms with E-state index in [1.807, 2.05) is 5.32 Å². The Morgan fingerprint density at radius 2 is 1.75 bits per heavy atom. The van der Waals surface area contributed by atoms with Crippen molar-refractivity contribution in [3.63, 3.8) is 0 Å². The normalized spacial score (nSPS) is 10.5. The third-order valence-electron chi connectivity index (χ3n) is 3.34. The van der Waals surface area contributed by atoms with Gasteiger partial charge in [0.1, 0.15) is 11.6 Å². The summed E-state index contributed by atoms with van der Waals surface area (Å²) < 4.78 is 46.6. The number of carbonyl (C=O) groups excluding carboxylic acids is 3. The summed E-state index contributed by atoms with van der Waals surface area (Å²) in [7, 11) is 0. The van der Waals surface area contributed by atoms with Gasteiger partial charge in [-0.05, 0) is 36.4 Å². The molecule has 0 aliphatic rings. The van der Waals surface area contributed by atoms with Gasteiger partial charge in [-0.25, -0.2) is 4.39 Å². The number of nitrogens with one attached hydrogen (secondary N) is 1. The highest BCUT2D eigenvalue weighted by atomic mass is 35.5. The summed E-state index contributed by atoms with van der Waals surface area (Å²) in [5.41, 5.74) is -0.0730. The van der Waals surface area contributed by atoms with E-state index in [2.05, 4.69) is 9.47 Å². The molecule has 0 saturated heterocycles. The smallest absolute Gasteiger partial charge is 0.387 e. The maximum absolute atomic E-state index is 13.6. The van der Waals surface area contributed by atoms with Crippen molar-refractivity contribution in [2.24, 2.45) is 0 Å². The molecule has 0 atom stereocenters. The van der Waals surface area contributed by atoms with Crippen molar-refractivity contribution in [2.75, 3.05) is 6.61 Å². The third-order valence-corrected chi connectivity index (χ3v) is 3.70. The summed E-state index contributed by atoms with van der Waals surface area (Å²) in [6.45, 7) is -3.78. The van der Waals surface area contributed by atoms with E-state index in [9.17, 15) is 27.6 Å². The minimum atomic E-state index is -3.00. The van der Waals surface area contributed by atoms with Crippen LogP contribution in [-0.4, -0.2) is 31.0 Å². The molecular weight excluding hydrogens is 403 g/mol. The van der Waals surface area contributed by atoms with Gasteiger partial charge in [0.05, 0.1) is 6.42 Å². The first-order valence-electron chi connectivity index (χ1n) is 7.74. The first-order chi connectivity index (χ1) is 13.3. The fourth-order valence-electron chi connectivity index (χ4n) is 2.07. The molecule has 0 aromatic heterocycles. The van der Waals surface area contributed by atoms with Crippen LogP contribution < -0.4 is 10.1 Å². The van der Waals surface area contributed by atoms with E-state index in [-0.39, 0.29) is 21.9 Å². The molecule has 2 amide bonds. The predicted molar refractivity (Wildman–Crippen MR) is 91.6 cm³/mol. The highest BCUT2D eigenvalue weighted by molar-refractivity contribution is 6.31. The molecule has 0 aliphatic heterocycles. The highest BCUT2D eigenvalue weighted by Crippen LogP contribution is 2.19. The van der Waals surface area contributed by atoms with Crippen molar-refractivity contribution in [3.05, 3.63) is 64.4 Å². The van der Waals surface area contributed by atoms with E-state index in [1.54, 1.807) is 0 Å². The van der Waals surface area contributed by atoms with Crippen LogP contribution in [0.15, 0.2) is 42.5 Å². The molecule has 2 aromatic rings. The molecule has 10 heteroatoms. The van der Waals surface area contributed by atoms with Crippen LogP contribution >= 0.6 is 11.6 Å². The second-order valence-corrected chi connectivity index (χ2v) is 5.73. The monoisotopic (exact) mass is 415 g/mol. The minimum Gasteiger partial charge on any atom is -0.455 e. The number of halogens is 4. The van der Waals surface area contributed by atoms with Gasteiger partial charge < -0.3 is 9.47 Å². The fraction of sp³-hybridized carbons (Fsp3) is 0.167.